The van der Waals surface area contributed by atoms with Gasteiger partial charge in [0.15, 0.2) is 11.6 Å². The van der Waals surface area contributed by atoms with E-state index in [0.717, 1.165) is 61.8 Å². The van der Waals surface area contributed by atoms with Crippen LogP contribution in [0, 0.1) is 28.9 Å². The minimum absolute atomic E-state index is 0.0210. The third-order valence-electron chi connectivity index (χ3n) is 9.42. The summed E-state index contributed by atoms with van der Waals surface area (Å²) in [5.74, 6) is 1.36. The summed E-state index contributed by atoms with van der Waals surface area (Å²) in [6, 6.07) is 14.8. The third-order valence-corrected chi connectivity index (χ3v) is 9.42. The average Bonchev–Trinajstić information content (AvgIpc) is 3.28. The fourth-order valence-corrected chi connectivity index (χ4v) is 7.43. The molecule has 6 rings (SSSR count). The van der Waals surface area contributed by atoms with Crippen molar-refractivity contribution in [2.24, 2.45) is 27.5 Å². The number of ether oxygens (including phenoxy) is 2. The van der Waals surface area contributed by atoms with Gasteiger partial charge in [-0.3, -0.25) is 0 Å². The van der Waals surface area contributed by atoms with Crippen molar-refractivity contribution < 1.29 is 23.4 Å². The van der Waals surface area contributed by atoms with Gasteiger partial charge in [0, 0.05) is 22.8 Å². The lowest BCUT2D eigenvalue weighted by atomic mass is 9.55. The van der Waals surface area contributed by atoms with Crippen LogP contribution in [0.3, 0.4) is 0 Å². The van der Waals surface area contributed by atoms with Gasteiger partial charge in [-0.05, 0) is 115 Å². The van der Waals surface area contributed by atoms with E-state index in [4.69, 9.17) is 14.6 Å². The first kappa shape index (κ1) is 26.5. The lowest BCUT2D eigenvalue weighted by Crippen LogP contribution is -2.42. The Hall–Kier alpha value is -3.74. The molecule has 3 aromatic rings. The Labute approximate surface area is 233 Å². The molecule has 0 amide bonds. The molecule has 3 aliphatic rings. The fraction of sp³-hybridized carbons (Fsp3) is 0.394. The number of phenolic OH excluding ortho intramolecular Hbond substituents is 1. The second kappa shape index (κ2) is 10.7. The van der Waals surface area contributed by atoms with Gasteiger partial charge < -0.3 is 14.6 Å². The molecule has 3 aromatic carbocycles. The zero-order valence-corrected chi connectivity index (χ0v) is 22.9. The van der Waals surface area contributed by atoms with Crippen LogP contribution in [-0.2, 0) is 13.0 Å². The highest BCUT2D eigenvalue weighted by molar-refractivity contribution is 5.93. The number of phenols is 1. The standard InChI is InChI=1S/C33H34F2N2O3/c1-33-14-13-26-25-8-6-24(38)16-21(25)4-7-27(26)28(33)9-12-32(33)37-36-18-20-3-10-30(39-2)22(15-20)19-40-31-11-5-23(34)17-29(31)35/h3,5-6,8,10-11,15-18,26-28,38H,4,7,9,12-14,19H2,1-2H3/t26-,27+,28+,33-/m0/s1. The highest BCUT2D eigenvalue weighted by Gasteiger charge is 2.53. The van der Waals surface area contributed by atoms with E-state index in [1.54, 1.807) is 13.3 Å². The molecule has 1 N–H and O–H groups in total. The number of hydrogen-bond donors (Lipinski definition) is 1. The van der Waals surface area contributed by atoms with Crippen LogP contribution in [0.5, 0.6) is 17.2 Å². The first-order valence-electron chi connectivity index (χ1n) is 14.0. The molecule has 0 heterocycles. The summed E-state index contributed by atoms with van der Waals surface area (Å²) in [6.07, 6.45) is 8.26. The largest absolute Gasteiger partial charge is 0.508 e. The first-order valence-corrected chi connectivity index (χ1v) is 14.0. The number of halogens is 2. The lowest BCUT2D eigenvalue weighted by molar-refractivity contribution is 0.0955. The van der Waals surface area contributed by atoms with Gasteiger partial charge in [0.2, 0.25) is 0 Å². The molecule has 0 unspecified atom stereocenters. The maximum absolute atomic E-state index is 14.0. The van der Waals surface area contributed by atoms with E-state index < -0.39 is 11.6 Å². The molecule has 0 radical (unpaired) electrons. The molecule has 0 saturated heterocycles. The molecule has 3 aliphatic carbocycles. The maximum Gasteiger partial charge on any atom is 0.167 e. The van der Waals surface area contributed by atoms with E-state index in [9.17, 15) is 13.9 Å². The predicted molar refractivity (Wildman–Crippen MR) is 151 cm³/mol. The van der Waals surface area contributed by atoms with Gasteiger partial charge in [-0.25, -0.2) is 8.78 Å². The number of benzene rings is 3. The van der Waals surface area contributed by atoms with Crippen LogP contribution in [0.1, 0.15) is 67.2 Å². The molecule has 0 bridgehead atoms. The topological polar surface area (TPSA) is 63.4 Å². The number of nitrogens with zero attached hydrogens (tertiary/aromatic N) is 2. The van der Waals surface area contributed by atoms with E-state index in [0.29, 0.717) is 29.3 Å². The molecular weight excluding hydrogens is 510 g/mol. The molecule has 0 spiro atoms. The van der Waals surface area contributed by atoms with Gasteiger partial charge in [0.25, 0.3) is 0 Å². The summed E-state index contributed by atoms with van der Waals surface area (Å²) >= 11 is 0. The zero-order valence-electron chi connectivity index (χ0n) is 22.9. The highest BCUT2D eigenvalue weighted by Crippen LogP contribution is 2.60. The summed E-state index contributed by atoms with van der Waals surface area (Å²) in [5, 5.41) is 19.2. The van der Waals surface area contributed by atoms with E-state index in [1.807, 2.05) is 30.3 Å². The van der Waals surface area contributed by atoms with Crippen LogP contribution in [0.2, 0.25) is 0 Å². The second-order valence-electron chi connectivity index (χ2n) is 11.5. The molecule has 7 heteroatoms. The van der Waals surface area contributed by atoms with Crippen LogP contribution >= 0.6 is 0 Å². The van der Waals surface area contributed by atoms with Crippen LogP contribution in [-0.4, -0.2) is 24.1 Å². The van der Waals surface area contributed by atoms with Crippen molar-refractivity contribution in [2.75, 3.05) is 7.11 Å². The highest BCUT2D eigenvalue weighted by atomic mass is 19.1. The minimum atomic E-state index is -0.748. The molecule has 2 saturated carbocycles. The van der Waals surface area contributed by atoms with Gasteiger partial charge in [-0.2, -0.15) is 10.2 Å². The van der Waals surface area contributed by atoms with E-state index in [2.05, 4.69) is 18.1 Å². The molecule has 40 heavy (non-hydrogen) atoms. The summed E-state index contributed by atoms with van der Waals surface area (Å²) in [5.41, 5.74) is 5.55. The van der Waals surface area contributed by atoms with Gasteiger partial charge in [0.05, 0.1) is 13.3 Å². The van der Waals surface area contributed by atoms with Gasteiger partial charge in [-0.1, -0.05) is 13.0 Å². The molecule has 208 valence electrons. The molecule has 2 fully saturated rings. The quantitative estimate of drug-likeness (QED) is 0.257. The Morgan fingerprint density at radius 3 is 2.67 bits per heavy atom. The molecule has 0 aromatic heterocycles. The van der Waals surface area contributed by atoms with Crippen molar-refractivity contribution in [1.82, 2.24) is 0 Å². The number of rotatable bonds is 6. The number of fused-ring (bicyclic) bond motifs is 5. The summed E-state index contributed by atoms with van der Waals surface area (Å²) < 4.78 is 38.3. The van der Waals surface area contributed by atoms with E-state index in [-0.39, 0.29) is 17.8 Å². The number of hydrogen-bond acceptors (Lipinski definition) is 5. The summed E-state index contributed by atoms with van der Waals surface area (Å²) in [7, 11) is 1.57. The lowest BCUT2D eigenvalue weighted by Gasteiger charge is -2.49. The average molecular weight is 545 g/mol. The molecule has 5 nitrogen and oxygen atoms in total. The minimum Gasteiger partial charge on any atom is -0.508 e. The summed E-state index contributed by atoms with van der Waals surface area (Å²) in [4.78, 5) is 0. The number of aromatic hydroxyl groups is 1. The SMILES string of the molecule is COc1ccc(C=NN=C2CC[C@@H]3[C@@H]4CCc5cc(O)ccc5[C@@H]4CC[C@]23C)cc1COc1ccc(F)cc1F. The fourth-order valence-electron chi connectivity index (χ4n) is 7.43. The van der Waals surface area contributed by atoms with E-state index in [1.165, 1.54) is 22.9 Å². The number of methoxy groups -OCH3 is 1. The van der Waals surface area contributed by atoms with Crippen LogP contribution in [0.4, 0.5) is 8.78 Å². The Kier molecular flexibility index (Phi) is 7.07. The smallest absolute Gasteiger partial charge is 0.167 e. The molecule has 0 aliphatic heterocycles. The monoisotopic (exact) mass is 544 g/mol. The Balaban J connectivity index is 1.17. The molecule has 4 atom stereocenters. The third kappa shape index (κ3) is 4.87. The maximum atomic E-state index is 14.0. The Bertz CT molecular complexity index is 1490. The zero-order chi connectivity index (χ0) is 27.9. The summed E-state index contributed by atoms with van der Waals surface area (Å²) in [6.45, 7) is 2.44. The van der Waals surface area contributed by atoms with Crippen LogP contribution < -0.4 is 9.47 Å². The van der Waals surface area contributed by atoms with Crippen molar-refractivity contribution in [3.8, 4) is 17.2 Å². The normalized spacial score (nSPS) is 26.4. The van der Waals surface area contributed by atoms with Crippen molar-refractivity contribution in [3.05, 3.63) is 88.5 Å². The molecular formula is C33H34F2N2O3. The van der Waals surface area contributed by atoms with E-state index >= 15 is 0 Å². The van der Waals surface area contributed by atoms with Crippen LogP contribution in [0.25, 0.3) is 0 Å². The Morgan fingerprint density at radius 1 is 1.00 bits per heavy atom. The van der Waals surface area contributed by atoms with Crippen molar-refractivity contribution in [2.45, 2.75) is 58.0 Å². The van der Waals surface area contributed by atoms with Crippen molar-refractivity contribution in [3.63, 3.8) is 0 Å². The van der Waals surface area contributed by atoms with Gasteiger partial charge >= 0.3 is 0 Å². The second-order valence-corrected chi connectivity index (χ2v) is 11.5. The van der Waals surface area contributed by atoms with Crippen molar-refractivity contribution in [1.29, 1.82) is 0 Å². The van der Waals surface area contributed by atoms with Crippen LogP contribution in [0.15, 0.2) is 64.8 Å². The number of aryl methyl sites for hydroxylation is 1. The predicted octanol–water partition coefficient (Wildman–Crippen LogP) is 7.59. The van der Waals surface area contributed by atoms with Gasteiger partial charge in [0.1, 0.15) is 23.9 Å². The van der Waals surface area contributed by atoms with Crippen molar-refractivity contribution >= 4 is 11.9 Å². The van der Waals surface area contributed by atoms with Gasteiger partial charge in [-0.15, -0.1) is 0 Å². The first-order chi connectivity index (χ1) is 19.4. The Morgan fingerprint density at radius 2 is 1.85 bits per heavy atom.